The molecule has 27 heavy (non-hydrogen) atoms. The largest absolute Gasteiger partial charge is 0.497 e. The van der Waals surface area contributed by atoms with Gasteiger partial charge in [0, 0.05) is 17.2 Å². The van der Waals surface area contributed by atoms with E-state index in [2.05, 4.69) is 9.93 Å². The zero-order chi connectivity index (χ0) is 19.6. The van der Waals surface area contributed by atoms with E-state index in [0.717, 1.165) is 35.8 Å². The highest BCUT2D eigenvalue weighted by Gasteiger charge is 2.21. The highest BCUT2D eigenvalue weighted by molar-refractivity contribution is 7.89. The number of benzene rings is 2. The van der Waals surface area contributed by atoms with Gasteiger partial charge in [0.25, 0.3) is 15.7 Å². The minimum atomic E-state index is -4.01. The van der Waals surface area contributed by atoms with Crippen LogP contribution >= 0.6 is 0 Å². The fourth-order valence-corrected chi connectivity index (χ4v) is 3.85. The first-order valence-corrected chi connectivity index (χ1v) is 9.81. The van der Waals surface area contributed by atoms with Crippen molar-refractivity contribution in [1.29, 1.82) is 0 Å². The quantitative estimate of drug-likeness (QED) is 0.624. The maximum Gasteiger partial charge on any atom is 0.276 e. The third-order valence-corrected chi connectivity index (χ3v) is 5.68. The van der Waals surface area contributed by atoms with Gasteiger partial charge in [-0.05, 0) is 56.0 Å². The smallest absolute Gasteiger partial charge is 0.276 e. The van der Waals surface area contributed by atoms with E-state index in [1.54, 1.807) is 20.1 Å². The van der Waals surface area contributed by atoms with E-state index < -0.39 is 14.9 Å². The van der Waals surface area contributed by atoms with Gasteiger partial charge in [-0.25, -0.2) is 0 Å². The van der Waals surface area contributed by atoms with E-state index in [1.807, 2.05) is 12.1 Å². The third-order valence-electron chi connectivity index (χ3n) is 4.47. The monoisotopic (exact) mass is 389 g/mol. The molecular formula is C18H19N3O5S. The van der Waals surface area contributed by atoms with Crippen molar-refractivity contribution < 1.29 is 18.1 Å². The summed E-state index contributed by atoms with van der Waals surface area (Å²) < 4.78 is 30.2. The average Bonchev–Trinajstić information content (AvgIpc) is 2.65. The minimum absolute atomic E-state index is 0.199. The van der Waals surface area contributed by atoms with Crippen molar-refractivity contribution >= 4 is 21.4 Å². The molecule has 3 rings (SSSR count). The lowest BCUT2D eigenvalue weighted by molar-refractivity contribution is -0.385. The lowest BCUT2D eigenvalue weighted by atomic mass is 9.90. The van der Waals surface area contributed by atoms with Crippen molar-refractivity contribution in [1.82, 2.24) is 4.83 Å². The van der Waals surface area contributed by atoms with Crippen molar-refractivity contribution in [3.05, 3.63) is 63.2 Å². The molecule has 2 aromatic carbocycles. The minimum Gasteiger partial charge on any atom is -0.497 e. The molecule has 0 bridgehead atoms. The van der Waals surface area contributed by atoms with Crippen LogP contribution in [0.15, 0.2) is 46.4 Å². The Balaban J connectivity index is 1.90. The number of methoxy groups -OCH3 is 1. The molecule has 0 aromatic heterocycles. The maximum absolute atomic E-state index is 12.5. The molecule has 1 aliphatic carbocycles. The van der Waals surface area contributed by atoms with Gasteiger partial charge in [0.2, 0.25) is 0 Å². The predicted molar refractivity (Wildman–Crippen MR) is 101 cm³/mol. The number of hydrazone groups is 1. The normalized spacial score (nSPS) is 15.3. The molecule has 2 aromatic rings. The van der Waals surface area contributed by atoms with Gasteiger partial charge in [-0.3, -0.25) is 10.1 Å². The SMILES string of the molecule is COc1ccc2c(c1)CCCC2=NNS(=O)(=O)c1ccc(C)c([N+](=O)[O-])c1. The van der Waals surface area contributed by atoms with Crippen LogP contribution in [0.5, 0.6) is 5.75 Å². The second-order valence-corrected chi connectivity index (χ2v) is 7.90. The van der Waals surface area contributed by atoms with E-state index in [1.165, 1.54) is 12.1 Å². The van der Waals surface area contributed by atoms with E-state index in [4.69, 9.17) is 4.74 Å². The van der Waals surface area contributed by atoms with Crippen molar-refractivity contribution in [2.75, 3.05) is 7.11 Å². The summed E-state index contributed by atoms with van der Waals surface area (Å²) in [6.07, 6.45) is 2.34. The number of ether oxygens (including phenoxy) is 1. The average molecular weight is 389 g/mol. The van der Waals surface area contributed by atoms with Gasteiger partial charge >= 0.3 is 0 Å². The zero-order valence-electron chi connectivity index (χ0n) is 14.9. The molecule has 0 spiro atoms. The summed E-state index contributed by atoms with van der Waals surface area (Å²) in [6.45, 7) is 1.55. The summed E-state index contributed by atoms with van der Waals surface area (Å²) in [5.74, 6) is 0.738. The number of nitrogens with zero attached hydrogens (tertiary/aromatic N) is 2. The summed E-state index contributed by atoms with van der Waals surface area (Å²) >= 11 is 0. The van der Waals surface area contributed by atoms with E-state index in [0.29, 0.717) is 17.7 Å². The van der Waals surface area contributed by atoms with Gasteiger partial charge in [0.1, 0.15) is 5.75 Å². The van der Waals surface area contributed by atoms with Crippen LogP contribution in [0.4, 0.5) is 5.69 Å². The second kappa shape index (κ2) is 7.36. The number of nitrogens with one attached hydrogen (secondary N) is 1. The second-order valence-electron chi connectivity index (χ2n) is 6.24. The maximum atomic E-state index is 12.5. The fourth-order valence-electron chi connectivity index (χ4n) is 3.00. The number of rotatable bonds is 5. The number of hydrogen-bond acceptors (Lipinski definition) is 6. The van der Waals surface area contributed by atoms with Crippen LogP contribution in [0.2, 0.25) is 0 Å². The lowest BCUT2D eigenvalue weighted by Crippen LogP contribution is -2.22. The highest BCUT2D eigenvalue weighted by atomic mass is 32.2. The van der Waals surface area contributed by atoms with Gasteiger partial charge in [-0.2, -0.15) is 18.4 Å². The third kappa shape index (κ3) is 3.92. The Labute approximate surface area is 157 Å². The van der Waals surface area contributed by atoms with Crippen LogP contribution in [-0.2, 0) is 16.4 Å². The molecule has 0 atom stereocenters. The molecular weight excluding hydrogens is 370 g/mol. The number of fused-ring (bicyclic) bond motifs is 1. The fraction of sp³-hybridized carbons (Fsp3) is 0.278. The summed E-state index contributed by atoms with van der Waals surface area (Å²) in [4.78, 5) is 12.4. The van der Waals surface area contributed by atoms with E-state index >= 15 is 0 Å². The van der Waals surface area contributed by atoms with Crippen molar-refractivity contribution in [3.63, 3.8) is 0 Å². The first kappa shape index (κ1) is 18.8. The number of nitro groups is 1. The first-order chi connectivity index (χ1) is 12.8. The van der Waals surface area contributed by atoms with Crippen LogP contribution in [0.25, 0.3) is 0 Å². The Morgan fingerprint density at radius 2 is 1.96 bits per heavy atom. The topological polar surface area (TPSA) is 111 Å². The molecule has 0 radical (unpaired) electrons. The van der Waals surface area contributed by atoms with Crippen molar-refractivity contribution in [2.45, 2.75) is 31.1 Å². The highest BCUT2D eigenvalue weighted by Crippen LogP contribution is 2.26. The molecule has 9 heteroatoms. The van der Waals surface area contributed by atoms with E-state index in [9.17, 15) is 18.5 Å². The lowest BCUT2D eigenvalue weighted by Gasteiger charge is -2.18. The van der Waals surface area contributed by atoms with Crippen LogP contribution in [-0.4, -0.2) is 26.2 Å². The molecule has 0 heterocycles. The van der Waals surface area contributed by atoms with Gasteiger partial charge in [-0.1, -0.05) is 6.07 Å². The van der Waals surface area contributed by atoms with Crippen LogP contribution in [0.1, 0.15) is 29.5 Å². The predicted octanol–water partition coefficient (Wildman–Crippen LogP) is 2.93. The molecule has 0 fully saturated rings. The van der Waals surface area contributed by atoms with Gasteiger partial charge in [0.15, 0.2) is 0 Å². The Morgan fingerprint density at radius 1 is 1.19 bits per heavy atom. The number of sulfonamides is 1. The van der Waals surface area contributed by atoms with Crippen LogP contribution in [0.3, 0.4) is 0 Å². The summed E-state index contributed by atoms with van der Waals surface area (Å²) in [5, 5.41) is 15.1. The van der Waals surface area contributed by atoms with Gasteiger partial charge in [0.05, 0.1) is 22.6 Å². The molecule has 0 amide bonds. The Hall–Kier alpha value is -2.94. The molecule has 142 valence electrons. The zero-order valence-corrected chi connectivity index (χ0v) is 15.7. The van der Waals surface area contributed by atoms with E-state index in [-0.39, 0.29) is 10.6 Å². The molecule has 1 N–H and O–H groups in total. The number of nitro benzene ring substituents is 1. The molecule has 8 nitrogen and oxygen atoms in total. The standard InChI is InChI=1S/C18H19N3O5S/c1-12-6-8-15(11-18(12)21(22)23)27(24,25)20-19-17-5-3-4-13-10-14(26-2)7-9-16(13)17/h6-11,20H,3-5H2,1-2H3. The van der Waals surface area contributed by atoms with Crippen molar-refractivity contribution in [3.8, 4) is 5.75 Å². The molecule has 1 aliphatic rings. The van der Waals surface area contributed by atoms with Crippen LogP contribution < -0.4 is 9.57 Å². The Kier molecular flexibility index (Phi) is 5.13. The molecule has 0 aliphatic heterocycles. The Bertz CT molecular complexity index is 1030. The molecule has 0 saturated heterocycles. The summed E-state index contributed by atoms with van der Waals surface area (Å²) in [7, 11) is -2.42. The van der Waals surface area contributed by atoms with Crippen LogP contribution in [0, 0.1) is 17.0 Å². The summed E-state index contributed by atoms with van der Waals surface area (Å²) in [5.41, 5.74) is 2.69. The van der Waals surface area contributed by atoms with Gasteiger partial charge in [-0.15, -0.1) is 0 Å². The van der Waals surface area contributed by atoms with Gasteiger partial charge < -0.3 is 4.74 Å². The first-order valence-electron chi connectivity index (χ1n) is 8.32. The summed E-state index contributed by atoms with van der Waals surface area (Å²) in [6, 6.07) is 9.35. The number of aryl methyl sites for hydroxylation is 2. The molecule has 0 unspecified atom stereocenters. The molecule has 0 saturated carbocycles. The number of hydrogen-bond donors (Lipinski definition) is 1. The Morgan fingerprint density at radius 3 is 2.67 bits per heavy atom. The van der Waals surface area contributed by atoms with Crippen molar-refractivity contribution in [2.24, 2.45) is 5.10 Å².